The fraction of sp³-hybridized carbons (Fsp3) is 0.615. The molecular weight excluding hydrogens is 294 g/mol. The molecule has 0 spiro atoms. The van der Waals surface area contributed by atoms with Gasteiger partial charge in [0.15, 0.2) is 0 Å². The zero-order chi connectivity index (χ0) is 16.3. The summed E-state index contributed by atoms with van der Waals surface area (Å²) in [6.45, 7) is 3.63. The van der Waals surface area contributed by atoms with E-state index in [-0.39, 0.29) is 13.0 Å². The first-order valence-electron chi connectivity index (χ1n) is 6.98. The molecular formula is C13H19N3O6. The average Bonchev–Trinajstić information content (AvgIpc) is 2.82. The number of alkyl carbamates (subject to hydrolysis) is 1. The Labute approximate surface area is 125 Å². The zero-order valence-corrected chi connectivity index (χ0v) is 12.4. The zero-order valence-electron chi connectivity index (χ0n) is 12.4. The second kappa shape index (κ2) is 6.75. The highest BCUT2D eigenvalue weighted by Crippen LogP contribution is 2.27. The van der Waals surface area contributed by atoms with Crippen LogP contribution >= 0.6 is 0 Å². The molecule has 1 aliphatic heterocycles. The lowest BCUT2D eigenvalue weighted by molar-refractivity contribution is -0.0489. The van der Waals surface area contributed by atoms with Gasteiger partial charge in [0, 0.05) is 24.7 Å². The minimum absolute atomic E-state index is 0.124. The van der Waals surface area contributed by atoms with E-state index in [9.17, 15) is 19.5 Å². The van der Waals surface area contributed by atoms with Crippen LogP contribution in [0.5, 0.6) is 0 Å². The Kier molecular flexibility index (Phi) is 4.99. The van der Waals surface area contributed by atoms with Crippen LogP contribution in [0.15, 0.2) is 15.8 Å². The van der Waals surface area contributed by atoms with E-state index >= 15 is 0 Å². The van der Waals surface area contributed by atoms with Crippen LogP contribution in [0, 0.1) is 6.92 Å². The number of nitrogens with zero attached hydrogens (tertiary/aromatic N) is 1. The number of aliphatic hydroxyl groups is 1. The number of amides is 1. The van der Waals surface area contributed by atoms with Crippen molar-refractivity contribution in [1.29, 1.82) is 0 Å². The Hall–Kier alpha value is -2.13. The Morgan fingerprint density at radius 1 is 1.59 bits per heavy atom. The van der Waals surface area contributed by atoms with Gasteiger partial charge in [-0.15, -0.1) is 0 Å². The maximum Gasteiger partial charge on any atom is 0.407 e. The summed E-state index contributed by atoms with van der Waals surface area (Å²) in [6, 6.07) is 0. The smallest absolute Gasteiger partial charge is 0.407 e. The topological polar surface area (TPSA) is 123 Å². The number of aromatic amines is 1. The van der Waals surface area contributed by atoms with E-state index in [1.165, 1.54) is 10.8 Å². The molecule has 0 aliphatic carbocycles. The molecule has 1 amide bonds. The molecule has 3 N–H and O–H groups in total. The summed E-state index contributed by atoms with van der Waals surface area (Å²) in [5, 5.41) is 12.4. The van der Waals surface area contributed by atoms with Gasteiger partial charge < -0.3 is 19.9 Å². The number of nitrogens with one attached hydrogen (secondary N) is 2. The van der Waals surface area contributed by atoms with E-state index < -0.39 is 35.8 Å². The molecule has 2 heterocycles. The average molecular weight is 313 g/mol. The van der Waals surface area contributed by atoms with Crippen molar-refractivity contribution < 1.29 is 19.4 Å². The first-order chi connectivity index (χ1) is 10.4. The van der Waals surface area contributed by atoms with Crippen molar-refractivity contribution in [2.75, 3.05) is 13.2 Å². The Morgan fingerprint density at radius 3 is 3.00 bits per heavy atom. The van der Waals surface area contributed by atoms with Crippen molar-refractivity contribution in [3.05, 3.63) is 32.6 Å². The molecule has 0 radical (unpaired) electrons. The number of ether oxygens (including phenoxy) is 2. The molecule has 1 aromatic rings. The molecule has 9 heteroatoms. The van der Waals surface area contributed by atoms with Crippen LogP contribution in [0.2, 0.25) is 0 Å². The summed E-state index contributed by atoms with van der Waals surface area (Å²) < 4.78 is 11.7. The van der Waals surface area contributed by atoms with Crippen molar-refractivity contribution in [2.45, 2.75) is 38.7 Å². The van der Waals surface area contributed by atoms with Crippen molar-refractivity contribution in [2.24, 2.45) is 0 Å². The number of aryl methyl sites for hydroxylation is 1. The third kappa shape index (κ3) is 3.55. The third-order valence-electron chi connectivity index (χ3n) is 3.36. The Bertz CT molecular complexity index is 652. The predicted octanol–water partition coefficient (Wildman–Crippen LogP) is -0.760. The molecule has 1 aromatic heterocycles. The number of hydrogen-bond donors (Lipinski definition) is 3. The SMILES string of the molecule is CCNC(=O)OC[C@H]1O[C@@H](n2cc(C)c(=O)[nH]c2=O)C[C@@H]1O. The fourth-order valence-electron chi connectivity index (χ4n) is 2.19. The van der Waals surface area contributed by atoms with Gasteiger partial charge in [0.2, 0.25) is 0 Å². The normalized spacial score (nSPS) is 24.2. The summed E-state index contributed by atoms with van der Waals surface area (Å²) in [5.41, 5.74) is -0.714. The van der Waals surface area contributed by atoms with Gasteiger partial charge in [-0.3, -0.25) is 14.3 Å². The standard InChI is InChI=1S/C13H19N3O6/c1-3-14-13(20)21-6-9-8(17)4-10(22-9)16-5-7(2)11(18)15-12(16)19/h5,8-10,17H,3-4,6H2,1-2H3,(H,14,20)(H,15,18,19)/t8-,9+,10+/m0/s1. The van der Waals surface area contributed by atoms with E-state index in [0.717, 1.165) is 0 Å². The van der Waals surface area contributed by atoms with Crippen molar-refractivity contribution in [3.63, 3.8) is 0 Å². The van der Waals surface area contributed by atoms with Crippen molar-refractivity contribution in [1.82, 2.24) is 14.9 Å². The van der Waals surface area contributed by atoms with Crippen LogP contribution < -0.4 is 16.6 Å². The maximum atomic E-state index is 11.8. The maximum absolute atomic E-state index is 11.8. The lowest BCUT2D eigenvalue weighted by Gasteiger charge is -2.16. The summed E-state index contributed by atoms with van der Waals surface area (Å²) in [7, 11) is 0. The highest BCUT2D eigenvalue weighted by atomic mass is 16.6. The summed E-state index contributed by atoms with van der Waals surface area (Å²) in [4.78, 5) is 36.5. The van der Waals surface area contributed by atoms with Crippen molar-refractivity contribution in [3.8, 4) is 0 Å². The molecule has 122 valence electrons. The number of aromatic nitrogens is 2. The van der Waals surface area contributed by atoms with Crippen LogP contribution in [0.1, 0.15) is 25.1 Å². The van der Waals surface area contributed by atoms with Gasteiger partial charge in [-0.2, -0.15) is 0 Å². The fourth-order valence-corrected chi connectivity index (χ4v) is 2.19. The molecule has 2 rings (SSSR count). The molecule has 1 fully saturated rings. The van der Waals surface area contributed by atoms with Crippen LogP contribution in [-0.4, -0.2) is 46.1 Å². The van der Waals surface area contributed by atoms with E-state index in [0.29, 0.717) is 12.1 Å². The lowest BCUT2D eigenvalue weighted by Crippen LogP contribution is -2.34. The van der Waals surface area contributed by atoms with Gasteiger partial charge in [0.05, 0.1) is 6.10 Å². The first kappa shape index (κ1) is 16.2. The van der Waals surface area contributed by atoms with Gasteiger partial charge in [0.25, 0.3) is 5.56 Å². The second-order valence-electron chi connectivity index (χ2n) is 5.04. The molecule has 22 heavy (non-hydrogen) atoms. The molecule has 0 saturated carbocycles. The van der Waals surface area contributed by atoms with Gasteiger partial charge in [-0.05, 0) is 13.8 Å². The minimum atomic E-state index is -0.876. The molecule has 0 aromatic carbocycles. The quantitative estimate of drug-likeness (QED) is 0.671. The lowest BCUT2D eigenvalue weighted by atomic mass is 10.2. The number of H-pyrrole nitrogens is 1. The second-order valence-corrected chi connectivity index (χ2v) is 5.04. The number of aliphatic hydroxyl groups excluding tert-OH is 1. The monoisotopic (exact) mass is 313 g/mol. The van der Waals surface area contributed by atoms with E-state index in [1.807, 2.05) is 0 Å². The van der Waals surface area contributed by atoms with Gasteiger partial charge in [-0.25, -0.2) is 9.59 Å². The van der Waals surface area contributed by atoms with Gasteiger partial charge in [-0.1, -0.05) is 0 Å². The number of rotatable bonds is 4. The summed E-state index contributed by atoms with van der Waals surface area (Å²) in [6.07, 6.45) is -1.38. The highest BCUT2D eigenvalue weighted by molar-refractivity contribution is 5.66. The molecule has 0 bridgehead atoms. The summed E-state index contributed by atoms with van der Waals surface area (Å²) in [5.74, 6) is 0. The molecule has 1 aliphatic rings. The van der Waals surface area contributed by atoms with Crippen LogP contribution in [0.3, 0.4) is 0 Å². The molecule has 0 unspecified atom stereocenters. The van der Waals surface area contributed by atoms with Gasteiger partial charge in [0.1, 0.15) is 18.9 Å². The minimum Gasteiger partial charge on any atom is -0.447 e. The number of carbonyl (C=O) groups is 1. The van der Waals surface area contributed by atoms with Gasteiger partial charge >= 0.3 is 11.8 Å². The Morgan fingerprint density at radius 2 is 2.32 bits per heavy atom. The Balaban J connectivity index is 2.04. The molecule has 9 nitrogen and oxygen atoms in total. The molecule has 3 atom stereocenters. The molecule has 1 saturated heterocycles. The summed E-state index contributed by atoms with van der Waals surface area (Å²) >= 11 is 0. The van der Waals surface area contributed by atoms with Crippen LogP contribution in [0.25, 0.3) is 0 Å². The first-order valence-corrected chi connectivity index (χ1v) is 6.98. The largest absolute Gasteiger partial charge is 0.447 e. The van der Waals surface area contributed by atoms with E-state index in [1.54, 1.807) is 13.8 Å². The predicted molar refractivity (Wildman–Crippen MR) is 75.6 cm³/mol. The highest BCUT2D eigenvalue weighted by Gasteiger charge is 2.36. The number of carbonyl (C=O) groups excluding carboxylic acids is 1. The van der Waals surface area contributed by atoms with Crippen molar-refractivity contribution >= 4 is 6.09 Å². The van der Waals surface area contributed by atoms with E-state index in [4.69, 9.17) is 9.47 Å². The van der Waals surface area contributed by atoms with Crippen LogP contribution in [0.4, 0.5) is 4.79 Å². The number of hydrogen-bond acceptors (Lipinski definition) is 6. The third-order valence-corrected chi connectivity index (χ3v) is 3.36. The van der Waals surface area contributed by atoms with E-state index in [2.05, 4.69) is 10.3 Å². The van der Waals surface area contributed by atoms with Crippen LogP contribution in [-0.2, 0) is 9.47 Å².